The highest BCUT2D eigenvalue weighted by atomic mass is 16.4. The Morgan fingerprint density at radius 1 is 1.21 bits per heavy atom. The average molecular weight is 387 g/mol. The summed E-state index contributed by atoms with van der Waals surface area (Å²) in [5.41, 5.74) is 0.193. The van der Waals surface area contributed by atoms with Crippen molar-refractivity contribution in [3.05, 3.63) is 47.2 Å². The first-order chi connectivity index (χ1) is 13.2. The zero-order valence-electron chi connectivity index (χ0n) is 14.3. The number of nitrogens with one attached hydrogen (secondary N) is 1. The Balaban J connectivity index is 2.18. The van der Waals surface area contributed by atoms with Crippen molar-refractivity contribution < 1.29 is 39.9 Å². The van der Waals surface area contributed by atoms with Crippen molar-refractivity contribution >= 4 is 24.1 Å². The summed E-state index contributed by atoms with van der Waals surface area (Å²) in [6.45, 7) is 0. The van der Waals surface area contributed by atoms with E-state index in [2.05, 4.69) is 10.3 Å². The van der Waals surface area contributed by atoms with E-state index in [0.717, 1.165) is 12.3 Å². The number of aliphatic carboxylic acids is 3. The molecule has 148 valence electrons. The fraction of sp³-hybridized carbons (Fsp3) is 0.222. The van der Waals surface area contributed by atoms with Crippen molar-refractivity contribution in [2.24, 2.45) is 4.99 Å². The monoisotopic (exact) mass is 387 g/mol. The van der Waals surface area contributed by atoms with Crippen LogP contribution in [0.2, 0.25) is 0 Å². The third kappa shape index (κ3) is 5.34. The van der Waals surface area contributed by atoms with E-state index in [1.807, 2.05) is 0 Å². The number of aliphatic imine (C=N–C) groups is 1. The quantitative estimate of drug-likeness (QED) is 0.315. The van der Waals surface area contributed by atoms with Crippen molar-refractivity contribution in [3.63, 3.8) is 0 Å². The van der Waals surface area contributed by atoms with Crippen molar-refractivity contribution in [2.75, 3.05) is 0 Å². The number of carboxylic acids is 3. The van der Waals surface area contributed by atoms with Crippen molar-refractivity contribution in [3.8, 4) is 11.5 Å². The highest BCUT2D eigenvalue weighted by molar-refractivity contribution is 5.88. The van der Waals surface area contributed by atoms with E-state index in [0.29, 0.717) is 5.56 Å². The van der Waals surface area contributed by atoms with Gasteiger partial charge in [0.05, 0.1) is 35.7 Å². The topological polar surface area (TPSA) is 185 Å². The summed E-state index contributed by atoms with van der Waals surface area (Å²) in [7, 11) is 0. The van der Waals surface area contributed by atoms with Gasteiger partial charge in [0.15, 0.2) is 11.5 Å². The number of benzene rings is 1. The molecule has 10 nitrogen and oxygen atoms in total. The molecule has 2 atom stereocenters. The molecule has 1 aromatic rings. The van der Waals surface area contributed by atoms with E-state index in [9.17, 15) is 39.9 Å². The van der Waals surface area contributed by atoms with Crippen LogP contribution in [-0.2, 0) is 20.8 Å². The highest BCUT2D eigenvalue weighted by Gasteiger charge is 2.18. The Hall–Kier alpha value is -3.82. The molecule has 0 fully saturated rings. The summed E-state index contributed by atoms with van der Waals surface area (Å²) in [5.74, 6) is -5.37. The van der Waals surface area contributed by atoms with Crippen molar-refractivity contribution in [1.82, 2.24) is 5.32 Å². The van der Waals surface area contributed by atoms with Crippen LogP contribution in [0.25, 0.3) is 0 Å². The molecular formula is C18H15N2O8-3. The van der Waals surface area contributed by atoms with Gasteiger partial charge in [-0.1, -0.05) is 6.07 Å². The Kier molecular flexibility index (Phi) is 6.38. The molecule has 0 aromatic heterocycles. The minimum absolute atomic E-state index is 0.104. The van der Waals surface area contributed by atoms with Gasteiger partial charge in [-0.2, -0.15) is 0 Å². The highest BCUT2D eigenvalue weighted by Crippen LogP contribution is 2.25. The van der Waals surface area contributed by atoms with E-state index in [4.69, 9.17) is 0 Å². The summed E-state index contributed by atoms with van der Waals surface area (Å²) >= 11 is 0. The van der Waals surface area contributed by atoms with Gasteiger partial charge in [0.1, 0.15) is 0 Å². The summed E-state index contributed by atoms with van der Waals surface area (Å²) in [6.07, 6.45) is 3.26. The fourth-order valence-electron chi connectivity index (χ4n) is 2.50. The van der Waals surface area contributed by atoms with Gasteiger partial charge in [0.25, 0.3) is 0 Å². The van der Waals surface area contributed by atoms with E-state index in [-0.39, 0.29) is 24.2 Å². The Morgan fingerprint density at radius 3 is 2.50 bits per heavy atom. The molecule has 0 aliphatic carbocycles. The second-order valence-electron chi connectivity index (χ2n) is 5.97. The van der Waals surface area contributed by atoms with Gasteiger partial charge in [0, 0.05) is 12.6 Å². The fourth-order valence-corrected chi connectivity index (χ4v) is 2.50. The zero-order valence-corrected chi connectivity index (χ0v) is 14.3. The van der Waals surface area contributed by atoms with E-state index < -0.39 is 41.4 Å². The van der Waals surface area contributed by atoms with Crippen LogP contribution in [0, 0.1) is 0 Å². The molecule has 0 amide bonds. The number of hydrogen-bond donors (Lipinski definition) is 3. The predicted molar refractivity (Wildman–Crippen MR) is 88.5 cm³/mol. The van der Waals surface area contributed by atoms with E-state index in [1.165, 1.54) is 24.3 Å². The number of aromatic hydroxyl groups is 2. The largest absolute Gasteiger partial charge is 0.548 e. The van der Waals surface area contributed by atoms with E-state index in [1.54, 1.807) is 0 Å². The number of nitrogens with zero attached hydrogens (tertiary/aromatic N) is 1. The van der Waals surface area contributed by atoms with Crippen LogP contribution in [0.4, 0.5) is 0 Å². The number of rotatable bonds is 7. The second kappa shape index (κ2) is 8.71. The molecule has 0 spiro atoms. The van der Waals surface area contributed by atoms with Crippen LogP contribution in [0.3, 0.4) is 0 Å². The lowest BCUT2D eigenvalue weighted by atomic mass is 10.00. The molecule has 0 saturated carbocycles. The number of hydrogen-bond acceptors (Lipinski definition) is 10. The third-order valence-electron chi connectivity index (χ3n) is 3.90. The molecule has 1 aliphatic heterocycles. The average Bonchev–Trinajstić information content (AvgIpc) is 2.63. The lowest BCUT2D eigenvalue weighted by Gasteiger charge is -2.28. The van der Waals surface area contributed by atoms with E-state index >= 15 is 0 Å². The molecule has 0 radical (unpaired) electrons. The molecular weight excluding hydrogens is 372 g/mol. The van der Waals surface area contributed by atoms with Gasteiger partial charge < -0.3 is 45.2 Å². The number of carboxylic acid groups (broad SMARTS) is 3. The first-order valence-electron chi connectivity index (χ1n) is 8.02. The van der Waals surface area contributed by atoms with Crippen molar-refractivity contribution in [1.29, 1.82) is 0 Å². The van der Waals surface area contributed by atoms with Crippen LogP contribution in [0.15, 0.2) is 46.6 Å². The lowest BCUT2D eigenvalue weighted by molar-refractivity contribution is -0.309. The molecule has 2 rings (SSSR count). The maximum Gasteiger partial charge on any atom is 0.157 e. The standard InChI is InChI=1S/C18H18N2O8/c21-14-2-1-9(8-15(14)22)5-11(16(23)24)19-4-3-10-6-12(17(25)26)20-13(7-10)18(27)28/h1-4,6,8,11,13,20-22H,5,7H2,(H,23,24)(H,25,26)(H,27,28)/p-3/b10-3-,19-4?/t11-,13-/m0/s1. The Labute approximate surface area is 158 Å². The molecule has 1 aromatic carbocycles. The molecule has 0 unspecified atom stereocenters. The zero-order chi connectivity index (χ0) is 20.8. The number of carbonyl (C=O) groups is 3. The minimum Gasteiger partial charge on any atom is -0.548 e. The van der Waals surface area contributed by atoms with Gasteiger partial charge >= 0.3 is 0 Å². The van der Waals surface area contributed by atoms with Crippen LogP contribution in [0.1, 0.15) is 12.0 Å². The van der Waals surface area contributed by atoms with Gasteiger partial charge in [0.2, 0.25) is 0 Å². The molecule has 10 heteroatoms. The maximum atomic E-state index is 11.3. The Bertz CT molecular complexity index is 888. The minimum atomic E-state index is -1.60. The number of phenols is 2. The molecule has 0 bridgehead atoms. The summed E-state index contributed by atoms with van der Waals surface area (Å²) in [6, 6.07) is 1.18. The van der Waals surface area contributed by atoms with Crippen LogP contribution in [-0.4, -0.2) is 46.4 Å². The van der Waals surface area contributed by atoms with Crippen molar-refractivity contribution in [2.45, 2.75) is 24.9 Å². The van der Waals surface area contributed by atoms with Gasteiger partial charge in [-0.25, -0.2) is 0 Å². The number of allylic oxidation sites excluding steroid dienone is 2. The molecule has 1 aliphatic rings. The van der Waals surface area contributed by atoms with Gasteiger partial charge in [-0.3, -0.25) is 4.99 Å². The maximum absolute atomic E-state index is 11.3. The van der Waals surface area contributed by atoms with Crippen LogP contribution in [0.5, 0.6) is 11.5 Å². The summed E-state index contributed by atoms with van der Waals surface area (Å²) < 4.78 is 0. The second-order valence-corrected chi connectivity index (χ2v) is 5.97. The van der Waals surface area contributed by atoms with Crippen LogP contribution >= 0.6 is 0 Å². The summed E-state index contributed by atoms with van der Waals surface area (Å²) in [5, 5.41) is 54.2. The predicted octanol–water partition coefficient (Wildman–Crippen LogP) is -3.50. The molecule has 28 heavy (non-hydrogen) atoms. The molecule has 0 saturated heterocycles. The smallest absolute Gasteiger partial charge is 0.157 e. The lowest BCUT2D eigenvalue weighted by Crippen LogP contribution is -2.49. The first kappa shape index (κ1) is 20.5. The third-order valence-corrected chi connectivity index (χ3v) is 3.90. The number of carbonyl (C=O) groups excluding carboxylic acids is 3. The SMILES string of the molecule is O=C([O-])C1=C/C(=C/C=N[C@@H](Cc2ccc(O)c(O)c2)C(=O)[O-])C[C@@H](C(=O)[O-])N1. The molecule has 1 heterocycles. The normalized spacial score (nSPS) is 19.1. The summed E-state index contributed by atoms with van der Waals surface area (Å²) in [4.78, 5) is 37.0. The van der Waals surface area contributed by atoms with Gasteiger partial charge in [-0.15, -0.1) is 0 Å². The Morgan fingerprint density at radius 2 is 1.93 bits per heavy atom. The first-order valence-corrected chi connectivity index (χ1v) is 8.02. The van der Waals surface area contributed by atoms with Gasteiger partial charge in [-0.05, 0) is 41.8 Å². The molecule has 3 N–H and O–H groups in total. The van der Waals surface area contributed by atoms with Crippen LogP contribution < -0.4 is 20.6 Å². The number of phenolic OH excluding ortho intramolecular Hbond substituents is 2.